The van der Waals surface area contributed by atoms with Crippen LogP contribution in [0.3, 0.4) is 0 Å². The predicted octanol–water partition coefficient (Wildman–Crippen LogP) is -0.560. The molecule has 13 nitrogen and oxygen atoms in total. The molecule has 1 aliphatic rings. The molecule has 0 saturated carbocycles. The first-order valence-electron chi connectivity index (χ1n) is 10.8. The molecule has 0 spiro atoms. The lowest BCUT2D eigenvalue weighted by molar-refractivity contribution is -0.172. The topological polar surface area (TPSA) is 199 Å². The average Bonchev–Trinajstić information content (AvgIpc) is 3.03. The van der Waals surface area contributed by atoms with Crippen LogP contribution in [0.2, 0.25) is 0 Å². The van der Waals surface area contributed by atoms with E-state index in [9.17, 15) is 39.0 Å². The van der Waals surface area contributed by atoms with Gasteiger partial charge in [0, 0.05) is 19.9 Å². The molecular formula is C22H29N5O8. The van der Waals surface area contributed by atoms with Gasteiger partial charge in [0.25, 0.3) is 11.8 Å². The number of hydrazine groups is 1. The maximum absolute atomic E-state index is 13.4. The van der Waals surface area contributed by atoms with Gasteiger partial charge in [0.1, 0.15) is 12.1 Å². The van der Waals surface area contributed by atoms with Crippen molar-refractivity contribution in [3.05, 3.63) is 35.4 Å². The zero-order valence-corrected chi connectivity index (χ0v) is 19.6. The number of nitrogens with one attached hydrogen (secondary N) is 2. The summed E-state index contributed by atoms with van der Waals surface area (Å²) < 4.78 is 0. The van der Waals surface area contributed by atoms with Crippen molar-refractivity contribution >= 4 is 35.7 Å². The molecule has 35 heavy (non-hydrogen) atoms. The van der Waals surface area contributed by atoms with E-state index in [4.69, 9.17) is 5.73 Å². The van der Waals surface area contributed by atoms with Crippen LogP contribution in [-0.2, 0) is 36.9 Å². The molecule has 5 amide bonds. The van der Waals surface area contributed by atoms with Gasteiger partial charge in [-0.05, 0) is 17.0 Å². The van der Waals surface area contributed by atoms with Gasteiger partial charge in [-0.15, -0.1) is 0 Å². The highest BCUT2D eigenvalue weighted by Crippen LogP contribution is 2.22. The number of nitrogens with two attached hydrogens (primary N) is 1. The standard InChI is InChI=1S/C22H29N5O8/c1-11(2)18(21(33)34)26(19(31)16(9-17(29)30)24-12(3)28)27-20(32)15(25-22(27)35)8-13-4-6-14(10-23)7-5-13/h4-7,11,15-16,18H,8-10,23H2,1-3H3,(H,24,28)(H,25,35)(H,29,30)(H,33,34)/t15?,16-,18-/m0/s1. The molecule has 1 aromatic carbocycles. The lowest BCUT2D eigenvalue weighted by Gasteiger charge is -2.37. The number of urea groups is 1. The number of hydrogen-bond donors (Lipinski definition) is 5. The van der Waals surface area contributed by atoms with Gasteiger partial charge in [-0.3, -0.25) is 19.2 Å². The van der Waals surface area contributed by atoms with Crippen LogP contribution in [0.15, 0.2) is 24.3 Å². The van der Waals surface area contributed by atoms with Gasteiger partial charge in [-0.1, -0.05) is 38.1 Å². The molecule has 0 aromatic heterocycles. The third kappa shape index (κ3) is 6.53. The molecule has 1 unspecified atom stereocenters. The van der Waals surface area contributed by atoms with Gasteiger partial charge in [0.15, 0.2) is 6.04 Å². The monoisotopic (exact) mass is 491 g/mol. The Bertz CT molecular complexity index is 994. The number of imide groups is 1. The van der Waals surface area contributed by atoms with Crippen molar-refractivity contribution in [1.29, 1.82) is 0 Å². The van der Waals surface area contributed by atoms with Crippen molar-refractivity contribution < 1.29 is 39.0 Å². The number of hydrogen-bond acceptors (Lipinski definition) is 7. The van der Waals surface area contributed by atoms with Crippen molar-refractivity contribution in [1.82, 2.24) is 20.7 Å². The molecule has 1 aromatic rings. The van der Waals surface area contributed by atoms with E-state index in [0.717, 1.165) is 12.5 Å². The Hall–Kier alpha value is -4.00. The zero-order valence-electron chi connectivity index (χ0n) is 19.6. The number of carboxylic acids is 2. The normalized spacial score (nSPS) is 17.1. The SMILES string of the molecule is CC(=O)N[C@@H](CC(=O)O)C(=O)N([C@H](C(=O)O)C(C)C)N1C(=O)NC(Cc2ccc(CN)cc2)C1=O. The number of benzene rings is 1. The number of carbonyl (C=O) groups excluding carboxylic acids is 4. The maximum atomic E-state index is 13.4. The summed E-state index contributed by atoms with van der Waals surface area (Å²) in [5, 5.41) is 24.4. The molecule has 0 bridgehead atoms. The summed E-state index contributed by atoms with van der Waals surface area (Å²) in [6, 6.07) is 1.39. The minimum atomic E-state index is -1.71. The first kappa shape index (κ1) is 27.2. The summed E-state index contributed by atoms with van der Waals surface area (Å²) in [5.74, 6) is -6.63. The van der Waals surface area contributed by atoms with Crippen LogP contribution in [0.4, 0.5) is 4.79 Å². The van der Waals surface area contributed by atoms with Crippen LogP contribution in [0.25, 0.3) is 0 Å². The smallest absolute Gasteiger partial charge is 0.344 e. The van der Waals surface area contributed by atoms with E-state index < -0.39 is 66.2 Å². The van der Waals surface area contributed by atoms with E-state index in [-0.39, 0.29) is 6.42 Å². The van der Waals surface area contributed by atoms with Crippen LogP contribution in [0.1, 0.15) is 38.3 Å². The summed E-state index contributed by atoms with van der Waals surface area (Å²) >= 11 is 0. The first-order chi connectivity index (χ1) is 16.4. The Morgan fingerprint density at radius 1 is 1.11 bits per heavy atom. The van der Waals surface area contributed by atoms with Crippen molar-refractivity contribution in [3.8, 4) is 0 Å². The highest BCUT2D eigenvalue weighted by atomic mass is 16.4. The molecule has 1 fully saturated rings. The first-order valence-corrected chi connectivity index (χ1v) is 10.8. The summed E-state index contributed by atoms with van der Waals surface area (Å²) in [6.07, 6.45) is -0.836. The fourth-order valence-electron chi connectivity index (χ4n) is 3.72. The van der Waals surface area contributed by atoms with E-state index in [0.29, 0.717) is 22.1 Å². The third-order valence-electron chi connectivity index (χ3n) is 5.34. The molecule has 13 heteroatoms. The minimum absolute atomic E-state index is 0.0532. The largest absolute Gasteiger partial charge is 0.481 e. The number of carboxylic acid groups (broad SMARTS) is 2. The second kappa shape index (κ2) is 11.4. The minimum Gasteiger partial charge on any atom is -0.481 e. The molecule has 1 heterocycles. The second-order valence-electron chi connectivity index (χ2n) is 8.44. The highest BCUT2D eigenvalue weighted by molar-refractivity contribution is 6.06. The number of nitrogens with zero attached hydrogens (tertiary/aromatic N) is 2. The lowest BCUT2D eigenvalue weighted by Crippen LogP contribution is -2.63. The summed E-state index contributed by atoms with van der Waals surface area (Å²) in [6.45, 7) is 4.28. The van der Waals surface area contributed by atoms with Crippen LogP contribution >= 0.6 is 0 Å². The molecular weight excluding hydrogens is 462 g/mol. The predicted molar refractivity (Wildman–Crippen MR) is 120 cm³/mol. The van der Waals surface area contributed by atoms with Crippen LogP contribution in [0, 0.1) is 5.92 Å². The molecule has 0 aliphatic carbocycles. The van der Waals surface area contributed by atoms with Gasteiger partial charge in [0.05, 0.1) is 6.42 Å². The molecule has 1 aliphatic heterocycles. The fourth-order valence-corrected chi connectivity index (χ4v) is 3.72. The molecule has 3 atom stereocenters. The van der Waals surface area contributed by atoms with E-state index >= 15 is 0 Å². The van der Waals surface area contributed by atoms with Gasteiger partial charge in [-0.25, -0.2) is 14.6 Å². The Kier molecular flexibility index (Phi) is 8.89. The number of amides is 5. The summed E-state index contributed by atoms with van der Waals surface area (Å²) in [7, 11) is 0. The molecule has 0 radical (unpaired) electrons. The maximum Gasteiger partial charge on any atom is 0.344 e. The number of carbonyl (C=O) groups is 6. The molecule has 2 rings (SSSR count). The number of aliphatic carboxylic acids is 2. The fraction of sp³-hybridized carbons (Fsp3) is 0.455. The second-order valence-corrected chi connectivity index (χ2v) is 8.44. The van der Waals surface area contributed by atoms with Crippen LogP contribution < -0.4 is 16.4 Å². The Balaban J connectivity index is 2.45. The van der Waals surface area contributed by atoms with E-state index in [1.165, 1.54) is 13.8 Å². The average molecular weight is 492 g/mol. The molecule has 1 saturated heterocycles. The van der Waals surface area contributed by atoms with Gasteiger partial charge in [-0.2, -0.15) is 5.01 Å². The van der Waals surface area contributed by atoms with Crippen molar-refractivity contribution in [3.63, 3.8) is 0 Å². The Morgan fingerprint density at radius 3 is 2.14 bits per heavy atom. The van der Waals surface area contributed by atoms with Gasteiger partial charge in [0.2, 0.25) is 5.91 Å². The summed E-state index contributed by atoms with van der Waals surface area (Å²) in [5.41, 5.74) is 7.12. The van der Waals surface area contributed by atoms with Crippen LogP contribution in [-0.4, -0.2) is 74.0 Å². The molecule has 190 valence electrons. The lowest BCUT2D eigenvalue weighted by atomic mass is 10.0. The van der Waals surface area contributed by atoms with E-state index in [1.54, 1.807) is 24.3 Å². The van der Waals surface area contributed by atoms with Crippen LogP contribution in [0.5, 0.6) is 0 Å². The van der Waals surface area contributed by atoms with E-state index in [2.05, 4.69) is 10.6 Å². The van der Waals surface area contributed by atoms with Crippen molar-refractivity contribution in [2.45, 2.75) is 58.3 Å². The summed E-state index contributed by atoms with van der Waals surface area (Å²) in [4.78, 5) is 74.4. The molecule has 6 N–H and O–H groups in total. The highest BCUT2D eigenvalue weighted by Gasteiger charge is 2.49. The van der Waals surface area contributed by atoms with Gasteiger partial charge >= 0.3 is 18.0 Å². The van der Waals surface area contributed by atoms with E-state index in [1.807, 2.05) is 0 Å². The third-order valence-corrected chi connectivity index (χ3v) is 5.34. The van der Waals surface area contributed by atoms with Crippen molar-refractivity contribution in [2.75, 3.05) is 0 Å². The zero-order chi connectivity index (χ0) is 26.4. The quantitative estimate of drug-likeness (QED) is 0.252. The Morgan fingerprint density at radius 2 is 1.69 bits per heavy atom. The number of rotatable bonds is 11. The van der Waals surface area contributed by atoms with Crippen molar-refractivity contribution in [2.24, 2.45) is 11.7 Å². The van der Waals surface area contributed by atoms with Gasteiger partial charge < -0.3 is 26.6 Å². The Labute approximate surface area is 201 Å².